The number of carbonyl (C=O) groups excluding carboxylic acids is 2. The summed E-state index contributed by atoms with van der Waals surface area (Å²) in [4.78, 5) is 26.2. The zero-order valence-corrected chi connectivity index (χ0v) is 16.1. The molecule has 1 aliphatic heterocycles. The number of hydrogen-bond acceptors (Lipinski definition) is 5. The molecule has 0 aromatic heterocycles. The highest BCUT2D eigenvalue weighted by molar-refractivity contribution is 8.14. The summed E-state index contributed by atoms with van der Waals surface area (Å²) in [6, 6.07) is 14.4. The van der Waals surface area contributed by atoms with E-state index in [-0.39, 0.29) is 23.4 Å². The van der Waals surface area contributed by atoms with Crippen molar-refractivity contribution in [2.75, 3.05) is 4.90 Å². The molecule has 27 heavy (non-hydrogen) atoms. The first-order valence-corrected chi connectivity index (χ1v) is 9.42. The van der Waals surface area contributed by atoms with Crippen molar-refractivity contribution in [3.05, 3.63) is 64.7 Å². The number of para-hydroxylation sites is 1. The van der Waals surface area contributed by atoms with Crippen LogP contribution >= 0.6 is 23.4 Å². The smallest absolute Gasteiger partial charge is 0.247 e. The molecular weight excluding hydrogens is 384 g/mol. The number of nitrogens with two attached hydrogens (primary N) is 1. The van der Waals surface area contributed by atoms with Crippen LogP contribution in [0.4, 0.5) is 5.69 Å². The lowest BCUT2D eigenvalue weighted by Crippen LogP contribution is -2.32. The van der Waals surface area contributed by atoms with Gasteiger partial charge < -0.3 is 5.73 Å². The molecule has 0 bridgehead atoms. The number of halogens is 1. The molecule has 138 valence electrons. The minimum atomic E-state index is -0.605. The quantitative estimate of drug-likeness (QED) is 0.369. The van der Waals surface area contributed by atoms with Gasteiger partial charge in [-0.15, -0.1) is 5.10 Å². The summed E-state index contributed by atoms with van der Waals surface area (Å²) in [5, 5.41) is 7.96. The summed E-state index contributed by atoms with van der Waals surface area (Å²) < 4.78 is 0. The van der Waals surface area contributed by atoms with E-state index in [2.05, 4.69) is 10.2 Å². The number of nitrogens with zero attached hydrogens (tertiary/aromatic N) is 3. The summed E-state index contributed by atoms with van der Waals surface area (Å²) in [5.74, 6) is -0.539. The fraction of sp³-hybridized carbons (Fsp3) is 0.158. The molecule has 2 aromatic carbocycles. The Labute approximate surface area is 166 Å². The fourth-order valence-corrected chi connectivity index (χ4v) is 3.58. The Bertz CT molecular complexity index is 928. The lowest BCUT2D eigenvalue weighted by Gasteiger charge is -2.16. The summed E-state index contributed by atoms with van der Waals surface area (Å²) >= 11 is 6.87. The Morgan fingerprint density at radius 1 is 1.22 bits per heavy atom. The van der Waals surface area contributed by atoms with Crippen LogP contribution in [-0.4, -0.2) is 28.4 Å². The van der Waals surface area contributed by atoms with E-state index in [9.17, 15) is 9.59 Å². The van der Waals surface area contributed by atoms with Gasteiger partial charge in [-0.1, -0.05) is 53.7 Å². The van der Waals surface area contributed by atoms with Gasteiger partial charge in [-0.3, -0.25) is 9.59 Å². The summed E-state index contributed by atoms with van der Waals surface area (Å²) in [5.41, 5.74) is 8.14. The number of imide groups is 1. The number of amidine groups is 1. The first-order chi connectivity index (χ1) is 13.0. The zero-order chi connectivity index (χ0) is 19.4. The first kappa shape index (κ1) is 19.1. The second-order valence-electron chi connectivity index (χ2n) is 5.90. The molecule has 1 unspecified atom stereocenters. The van der Waals surface area contributed by atoms with Crippen molar-refractivity contribution in [3.8, 4) is 0 Å². The second kappa shape index (κ2) is 8.37. The van der Waals surface area contributed by atoms with Crippen molar-refractivity contribution in [1.29, 1.82) is 0 Å². The third-order valence-corrected chi connectivity index (χ3v) is 5.19. The predicted molar refractivity (Wildman–Crippen MR) is 110 cm³/mol. The Morgan fingerprint density at radius 2 is 1.93 bits per heavy atom. The zero-order valence-electron chi connectivity index (χ0n) is 14.5. The molecular formula is C19H17ClN4O2S. The standard InChI is InChI=1S/C19H17ClN4O2S/c1-12-4-2-3-5-15(12)24-17(25)10-16(18(24)26)27-19(21)23-22-11-13-6-8-14(20)9-7-13/h2-9,11,16H,10H2,1H3,(H2,21,23)/b22-11+. The molecule has 0 aliphatic carbocycles. The normalized spacial score (nSPS) is 17.9. The summed E-state index contributed by atoms with van der Waals surface area (Å²) in [6.45, 7) is 1.86. The molecule has 1 heterocycles. The van der Waals surface area contributed by atoms with Crippen molar-refractivity contribution in [2.24, 2.45) is 15.9 Å². The van der Waals surface area contributed by atoms with Gasteiger partial charge in [0.1, 0.15) is 5.25 Å². The van der Waals surface area contributed by atoms with Crippen LogP contribution in [0.1, 0.15) is 17.5 Å². The second-order valence-corrected chi connectivity index (χ2v) is 7.56. The number of benzene rings is 2. The van der Waals surface area contributed by atoms with Crippen LogP contribution in [-0.2, 0) is 9.59 Å². The van der Waals surface area contributed by atoms with E-state index in [1.54, 1.807) is 36.4 Å². The van der Waals surface area contributed by atoms with Crippen molar-refractivity contribution < 1.29 is 9.59 Å². The average Bonchev–Trinajstić information content (AvgIpc) is 2.91. The molecule has 8 heteroatoms. The van der Waals surface area contributed by atoms with Gasteiger partial charge in [0.25, 0.3) is 0 Å². The molecule has 6 nitrogen and oxygen atoms in total. The number of rotatable bonds is 4. The highest BCUT2D eigenvalue weighted by atomic mass is 35.5. The van der Waals surface area contributed by atoms with Crippen LogP contribution in [0.15, 0.2) is 58.7 Å². The predicted octanol–water partition coefficient (Wildman–Crippen LogP) is 3.36. The number of hydrogen-bond donors (Lipinski definition) is 1. The summed E-state index contributed by atoms with van der Waals surface area (Å²) in [6.07, 6.45) is 1.61. The van der Waals surface area contributed by atoms with E-state index in [0.29, 0.717) is 10.7 Å². The van der Waals surface area contributed by atoms with Crippen LogP contribution in [0, 0.1) is 6.92 Å². The van der Waals surface area contributed by atoms with Gasteiger partial charge in [0.2, 0.25) is 11.8 Å². The Kier molecular flexibility index (Phi) is 5.93. The minimum Gasteiger partial charge on any atom is -0.377 e. The Morgan fingerprint density at radius 3 is 2.63 bits per heavy atom. The topological polar surface area (TPSA) is 88.1 Å². The molecule has 1 fully saturated rings. The molecule has 2 N–H and O–H groups in total. The highest BCUT2D eigenvalue weighted by Gasteiger charge is 2.41. The van der Waals surface area contributed by atoms with E-state index < -0.39 is 5.25 Å². The van der Waals surface area contributed by atoms with Crippen molar-refractivity contribution in [3.63, 3.8) is 0 Å². The van der Waals surface area contributed by atoms with Gasteiger partial charge >= 0.3 is 0 Å². The van der Waals surface area contributed by atoms with Crippen molar-refractivity contribution >= 4 is 52.2 Å². The molecule has 2 amide bonds. The molecule has 0 radical (unpaired) electrons. The molecule has 3 rings (SSSR count). The average molecular weight is 401 g/mol. The van der Waals surface area contributed by atoms with E-state index in [1.165, 1.54) is 11.1 Å². The number of carbonyl (C=O) groups is 2. The largest absolute Gasteiger partial charge is 0.377 e. The molecule has 1 aliphatic rings. The molecule has 1 saturated heterocycles. The van der Waals surface area contributed by atoms with Gasteiger partial charge in [-0.05, 0) is 36.2 Å². The van der Waals surface area contributed by atoms with Crippen LogP contribution in [0.5, 0.6) is 0 Å². The maximum absolute atomic E-state index is 12.7. The number of thioether (sulfide) groups is 1. The minimum absolute atomic E-state index is 0.0783. The fourth-order valence-electron chi connectivity index (χ4n) is 2.63. The molecule has 1 atom stereocenters. The van der Waals surface area contributed by atoms with Gasteiger partial charge in [0, 0.05) is 11.4 Å². The number of aryl methyl sites for hydroxylation is 1. The van der Waals surface area contributed by atoms with Crippen LogP contribution < -0.4 is 10.6 Å². The SMILES string of the molecule is Cc1ccccc1N1C(=O)CC(S/C(N)=N/N=C/c2ccc(Cl)cc2)C1=O. The third-order valence-electron chi connectivity index (χ3n) is 3.96. The maximum atomic E-state index is 12.7. The van der Waals surface area contributed by atoms with Crippen LogP contribution in [0.2, 0.25) is 5.02 Å². The Hall–Kier alpha value is -2.64. The van der Waals surface area contributed by atoms with Crippen LogP contribution in [0.25, 0.3) is 0 Å². The van der Waals surface area contributed by atoms with Crippen molar-refractivity contribution in [1.82, 2.24) is 0 Å². The lowest BCUT2D eigenvalue weighted by molar-refractivity contribution is -0.121. The summed E-state index contributed by atoms with van der Waals surface area (Å²) in [7, 11) is 0. The van der Waals surface area contributed by atoms with E-state index in [0.717, 1.165) is 22.9 Å². The van der Waals surface area contributed by atoms with E-state index in [1.807, 2.05) is 19.1 Å². The molecule has 0 saturated carbocycles. The first-order valence-electron chi connectivity index (χ1n) is 8.17. The van der Waals surface area contributed by atoms with Crippen LogP contribution in [0.3, 0.4) is 0 Å². The molecule has 2 aromatic rings. The number of anilines is 1. The van der Waals surface area contributed by atoms with E-state index >= 15 is 0 Å². The highest BCUT2D eigenvalue weighted by Crippen LogP contribution is 2.31. The maximum Gasteiger partial charge on any atom is 0.247 e. The van der Waals surface area contributed by atoms with Gasteiger partial charge in [-0.25, -0.2) is 4.90 Å². The Balaban J connectivity index is 1.67. The molecule has 0 spiro atoms. The van der Waals surface area contributed by atoms with Gasteiger partial charge in [0.05, 0.1) is 11.9 Å². The van der Waals surface area contributed by atoms with Crippen molar-refractivity contribution in [2.45, 2.75) is 18.6 Å². The monoisotopic (exact) mass is 400 g/mol. The van der Waals surface area contributed by atoms with E-state index in [4.69, 9.17) is 17.3 Å². The lowest BCUT2D eigenvalue weighted by atomic mass is 10.2. The van der Waals surface area contributed by atoms with Gasteiger partial charge in [-0.2, -0.15) is 5.10 Å². The number of amides is 2. The third kappa shape index (κ3) is 4.56. The van der Waals surface area contributed by atoms with Gasteiger partial charge in [0.15, 0.2) is 5.17 Å².